The highest BCUT2D eigenvalue weighted by Gasteiger charge is 2.49. The van der Waals surface area contributed by atoms with E-state index in [9.17, 15) is 4.79 Å². The molecule has 26 heavy (non-hydrogen) atoms. The normalized spacial score (nSPS) is 19.8. The summed E-state index contributed by atoms with van der Waals surface area (Å²) in [7, 11) is 1.85. The summed E-state index contributed by atoms with van der Waals surface area (Å²) in [5.74, 6) is 1.02. The van der Waals surface area contributed by atoms with E-state index in [-0.39, 0.29) is 5.41 Å². The van der Waals surface area contributed by atoms with Gasteiger partial charge >= 0.3 is 0 Å². The van der Waals surface area contributed by atoms with Crippen molar-refractivity contribution in [1.82, 2.24) is 0 Å². The molecule has 1 fully saturated rings. The van der Waals surface area contributed by atoms with Crippen molar-refractivity contribution in [2.24, 2.45) is 4.99 Å². The molecular formula is C21H20BrClN2O. The Morgan fingerprint density at radius 3 is 2.62 bits per heavy atom. The van der Waals surface area contributed by atoms with Crippen molar-refractivity contribution in [2.75, 3.05) is 11.9 Å². The summed E-state index contributed by atoms with van der Waals surface area (Å²) in [4.78, 5) is 18.7. The van der Waals surface area contributed by atoms with Gasteiger partial charge in [0.05, 0.1) is 27.4 Å². The molecule has 0 radical (unpaired) electrons. The van der Waals surface area contributed by atoms with Gasteiger partial charge in [0.2, 0.25) is 0 Å². The van der Waals surface area contributed by atoms with Crippen LogP contribution in [-0.4, -0.2) is 19.2 Å². The summed E-state index contributed by atoms with van der Waals surface area (Å²) < 4.78 is 1.07. The van der Waals surface area contributed by atoms with Crippen LogP contribution in [-0.2, 0) is 5.41 Å². The second kappa shape index (κ2) is 6.82. The van der Waals surface area contributed by atoms with Gasteiger partial charge in [-0.05, 0) is 48.7 Å². The Morgan fingerprint density at radius 1 is 1.15 bits per heavy atom. The minimum Gasteiger partial charge on any atom is -0.298 e. The SMILES string of the molecule is CN=C1N(c2cccc(Cl)c2C=O)c2ccc(Br)cc2C12CCCCC2. The Kier molecular flexibility index (Phi) is 4.66. The van der Waals surface area contributed by atoms with Gasteiger partial charge in [0, 0.05) is 11.5 Å². The molecule has 5 heteroatoms. The highest BCUT2D eigenvalue weighted by Crippen LogP contribution is 2.54. The summed E-state index contributed by atoms with van der Waals surface area (Å²) in [6, 6.07) is 12.0. The lowest BCUT2D eigenvalue weighted by molar-refractivity contribution is 0.112. The number of hydrogen-bond acceptors (Lipinski definition) is 2. The molecule has 2 aromatic carbocycles. The lowest BCUT2D eigenvalue weighted by Gasteiger charge is -2.35. The Morgan fingerprint density at radius 2 is 1.92 bits per heavy atom. The molecule has 134 valence electrons. The monoisotopic (exact) mass is 430 g/mol. The molecular weight excluding hydrogens is 412 g/mol. The van der Waals surface area contributed by atoms with Gasteiger partial charge in [-0.1, -0.05) is 52.9 Å². The maximum atomic E-state index is 11.8. The fraction of sp³-hybridized carbons (Fsp3) is 0.333. The van der Waals surface area contributed by atoms with Crippen molar-refractivity contribution in [3.63, 3.8) is 0 Å². The number of halogens is 2. The molecule has 1 aliphatic heterocycles. The first-order valence-corrected chi connectivity index (χ1v) is 10.1. The largest absolute Gasteiger partial charge is 0.298 e. The van der Waals surface area contributed by atoms with E-state index in [1.165, 1.54) is 24.8 Å². The number of benzene rings is 2. The molecule has 3 nitrogen and oxygen atoms in total. The van der Waals surface area contributed by atoms with Gasteiger partial charge in [-0.2, -0.15) is 0 Å². The van der Waals surface area contributed by atoms with E-state index in [0.717, 1.165) is 40.8 Å². The van der Waals surface area contributed by atoms with Crippen LogP contribution >= 0.6 is 27.5 Å². The third-order valence-corrected chi connectivity index (χ3v) is 6.49. The molecule has 1 spiro atoms. The number of nitrogens with zero attached hydrogens (tertiary/aromatic N) is 2. The summed E-state index contributed by atoms with van der Waals surface area (Å²) in [5, 5.41) is 0.469. The molecule has 1 aliphatic carbocycles. The minimum absolute atomic E-state index is 0.0887. The summed E-state index contributed by atoms with van der Waals surface area (Å²) in [5.41, 5.74) is 3.62. The van der Waals surface area contributed by atoms with Crippen molar-refractivity contribution in [3.05, 3.63) is 57.0 Å². The predicted octanol–water partition coefficient (Wildman–Crippen LogP) is 6.30. The quantitative estimate of drug-likeness (QED) is 0.523. The summed E-state index contributed by atoms with van der Waals surface area (Å²) in [6.45, 7) is 0. The van der Waals surface area contributed by atoms with Gasteiger partial charge in [0.25, 0.3) is 0 Å². The maximum Gasteiger partial charge on any atom is 0.153 e. The van der Waals surface area contributed by atoms with Crippen LogP contribution in [0.15, 0.2) is 45.9 Å². The van der Waals surface area contributed by atoms with E-state index in [1.54, 1.807) is 6.07 Å². The number of aliphatic imine (C=N–C) groups is 1. The first-order valence-electron chi connectivity index (χ1n) is 8.93. The number of carbonyl (C=O) groups is 1. The van der Waals surface area contributed by atoms with E-state index in [1.807, 2.05) is 25.2 Å². The van der Waals surface area contributed by atoms with Crippen LogP contribution in [0.4, 0.5) is 11.4 Å². The van der Waals surface area contributed by atoms with Crippen molar-refractivity contribution in [1.29, 1.82) is 0 Å². The fourth-order valence-electron chi connectivity index (χ4n) is 4.58. The van der Waals surface area contributed by atoms with Gasteiger partial charge in [0.15, 0.2) is 6.29 Å². The third-order valence-electron chi connectivity index (χ3n) is 5.66. The highest BCUT2D eigenvalue weighted by atomic mass is 79.9. The molecule has 0 bridgehead atoms. The first-order chi connectivity index (χ1) is 12.6. The van der Waals surface area contributed by atoms with E-state index in [0.29, 0.717) is 10.6 Å². The topological polar surface area (TPSA) is 32.7 Å². The van der Waals surface area contributed by atoms with Gasteiger partial charge in [-0.3, -0.25) is 14.7 Å². The number of anilines is 2. The van der Waals surface area contributed by atoms with Crippen molar-refractivity contribution in [2.45, 2.75) is 37.5 Å². The maximum absolute atomic E-state index is 11.8. The van der Waals surface area contributed by atoms with Crippen LogP contribution < -0.4 is 4.90 Å². The average Bonchev–Trinajstić information content (AvgIpc) is 2.91. The Hall–Kier alpha value is -1.65. The Bertz CT molecular complexity index is 903. The van der Waals surface area contributed by atoms with Gasteiger partial charge < -0.3 is 0 Å². The van der Waals surface area contributed by atoms with Crippen LogP contribution in [0.2, 0.25) is 5.02 Å². The Balaban J connectivity index is 2.00. The Labute approximate surface area is 167 Å². The zero-order valence-corrected chi connectivity index (χ0v) is 17.0. The number of carbonyl (C=O) groups excluding carboxylic acids is 1. The summed E-state index contributed by atoms with van der Waals surface area (Å²) in [6.07, 6.45) is 6.64. The van der Waals surface area contributed by atoms with Crippen LogP contribution in [0.3, 0.4) is 0 Å². The van der Waals surface area contributed by atoms with Gasteiger partial charge in [-0.25, -0.2) is 0 Å². The van der Waals surface area contributed by atoms with Crippen molar-refractivity contribution >= 4 is 51.0 Å². The molecule has 0 saturated heterocycles. The standard InChI is InChI=1S/C21H20BrClN2O/c1-24-20-21(10-3-2-4-11-21)16-12-14(22)8-9-19(16)25(20)18-7-5-6-17(23)15(18)13-26/h5-9,12-13H,2-4,10-11H2,1H3. The zero-order chi connectivity index (χ0) is 18.3. The molecule has 1 heterocycles. The van der Waals surface area contributed by atoms with Crippen LogP contribution in [0, 0.1) is 0 Å². The van der Waals surface area contributed by atoms with E-state index >= 15 is 0 Å². The van der Waals surface area contributed by atoms with Crippen LogP contribution in [0.1, 0.15) is 48.0 Å². The molecule has 0 N–H and O–H groups in total. The summed E-state index contributed by atoms with van der Waals surface area (Å²) >= 11 is 9.96. The van der Waals surface area contributed by atoms with Crippen molar-refractivity contribution in [3.8, 4) is 0 Å². The van der Waals surface area contributed by atoms with Gasteiger partial charge in [0.1, 0.15) is 5.84 Å². The zero-order valence-electron chi connectivity index (χ0n) is 14.6. The number of hydrogen-bond donors (Lipinski definition) is 0. The first kappa shape index (κ1) is 17.7. The van der Waals surface area contributed by atoms with E-state index in [4.69, 9.17) is 16.6 Å². The molecule has 0 atom stereocenters. The molecule has 4 rings (SSSR count). The number of fused-ring (bicyclic) bond motifs is 2. The molecule has 0 aromatic heterocycles. The minimum atomic E-state index is -0.0887. The molecule has 0 unspecified atom stereocenters. The van der Waals surface area contributed by atoms with Crippen LogP contribution in [0.25, 0.3) is 0 Å². The predicted molar refractivity (Wildman–Crippen MR) is 111 cm³/mol. The third kappa shape index (κ3) is 2.54. The average molecular weight is 432 g/mol. The second-order valence-electron chi connectivity index (χ2n) is 6.98. The second-order valence-corrected chi connectivity index (χ2v) is 8.30. The molecule has 2 aliphatic rings. The lowest BCUT2D eigenvalue weighted by Crippen LogP contribution is -2.40. The molecule has 2 aromatic rings. The number of rotatable bonds is 2. The smallest absolute Gasteiger partial charge is 0.153 e. The lowest BCUT2D eigenvalue weighted by atomic mass is 9.70. The number of amidine groups is 1. The molecule has 0 amide bonds. The molecule has 1 saturated carbocycles. The van der Waals surface area contributed by atoms with E-state index < -0.39 is 0 Å². The van der Waals surface area contributed by atoms with Gasteiger partial charge in [-0.15, -0.1) is 0 Å². The fourth-order valence-corrected chi connectivity index (χ4v) is 5.15. The van der Waals surface area contributed by atoms with Crippen LogP contribution in [0.5, 0.6) is 0 Å². The highest BCUT2D eigenvalue weighted by molar-refractivity contribution is 9.10. The van der Waals surface area contributed by atoms with E-state index in [2.05, 4.69) is 33.0 Å². The van der Waals surface area contributed by atoms with Crippen molar-refractivity contribution < 1.29 is 4.79 Å². The number of aldehydes is 1.